The molecule has 0 aromatic heterocycles. The number of halogens is 9. The molecule has 4 rings (SSSR count). The maximum atomic E-state index is 12.6. The number of rotatable bonds is 20. The molecule has 0 heterocycles. The zero-order chi connectivity index (χ0) is 48.2. The molecular weight excluding hydrogens is 976 g/mol. The number of phenolic OH excluding ortho intramolecular Hbond substituents is 1. The summed E-state index contributed by atoms with van der Waals surface area (Å²) < 4.78 is 196. The van der Waals surface area contributed by atoms with E-state index in [0.29, 0.717) is 57.9 Å². The lowest BCUT2D eigenvalue weighted by atomic mass is 10.2. The van der Waals surface area contributed by atoms with Gasteiger partial charge in [0.1, 0.15) is 0 Å². The molecule has 0 spiro atoms. The van der Waals surface area contributed by atoms with Gasteiger partial charge in [-0.1, -0.05) is 87.6 Å². The summed E-state index contributed by atoms with van der Waals surface area (Å²) >= 11 is 0. The van der Waals surface area contributed by atoms with Crippen molar-refractivity contribution in [3.05, 3.63) is 119 Å². The van der Waals surface area contributed by atoms with E-state index in [4.69, 9.17) is 18.9 Å². The molecule has 0 saturated carbocycles. The highest BCUT2D eigenvalue weighted by Gasteiger charge is 2.57. The van der Waals surface area contributed by atoms with Crippen LogP contribution in [0.2, 0.25) is 0 Å². The Bertz CT molecular complexity index is 2370. The van der Waals surface area contributed by atoms with Crippen molar-refractivity contribution < 1.29 is 106 Å². The van der Waals surface area contributed by atoms with Crippen LogP contribution in [0.3, 0.4) is 0 Å². The number of benzene rings is 4. The zero-order valence-electron chi connectivity index (χ0n) is 32.3. The second-order valence-electron chi connectivity index (χ2n) is 11.9. The Morgan fingerprint density at radius 3 is 1.26 bits per heavy atom. The van der Waals surface area contributed by atoms with Gasteiger partial charge in [-0.15, -0.1) is 3.63 Å². The minimum Gasteiger partial charge on any atom is -0.504 e. The molecular formula is C39H43F9O15S3. The van der Waals surface area contributed by atoms with Gasteiger partial charge in [0.2, 0.25) is 0 Å². The monoisotopic (exact) mass is 1020 g/mol. The number of para-hydroxylation sites is 2. The Kier molecular flexibility index (Phi) is 25.0. The van der Waals surface area contributed by atoms with E-state index in [1.165, 1.54) is 18.2 Å². The summed E-state index contributed by atoms with van der Waals surface area (Å²) in [4.78, 5) is 21.7. The lowest BCUT2D eigenvalue weighted by molar-refractivity contribution is -0.0586. The molecule has 0 amide bonds. The summed E-state index contributed by atoms with van der Waals surface area (Å²) in [7, 11) is -19.6. The molecule has 0 unspecified atom stereocenters. The van der Waals surface area contributed by atoms with Crippen molar-refractivity contribution in [1.82, 2.24) is 0 Å². The van der Waals surface area contributed by atoms with E-state index < -0.39 is 52.6 Å². The molecule has 370 valence electrons. The largest absolute Gasteiger partial charge is 0.534 e. The highest BCUT2D eigenvalue weighted by atomic mass is 32.3. The van der Waals surface area contributed by atoms with Crippen LogP contribution in [0.4, 0.5) is 39.5 Å². The van der Waals surface area contributed by atoms with Crippen molar-refractivity contribution in [3.8, 4) is 23.0 Å². The normalized spacial score (nSPS) is 11.8. The van der Waals surface area contributed by atoms with Crippen molar-refractivity contribution in [2.24, 2.45) is 0 Å². The average molecular weight is 1020 g/mol. The molecule has 0 aliphatic heterocycles. The molecule has 0 bridgehead atoms. The molecule has 0 fully saturated rings. The number of hydrogen-bond acceptors (Lipinski definition) is 15. The molecule has 66 heavy (non-hydrogen) atoms. The Labute approximate surface area is 374 Å². The molecule has 0 aliphatic rings. The molecule has 0 aliphatic carbocycles. The van der Waals surface area contributed by atoms with Gasteiger partial charge in [-0.25, -0.2) is 0 Å². The second kappa shape index (κ2) is 27.2. The highest BCUT2D eigenvalue weighted by Crippen LogP contribution is 2.36. The van der Waals surface area contributed by atoms with E-state index in [2.05, 4.69) is 4.18 Å². The molecule has 0 radical (unpaired) electrons. The van der Waals surface area contributed by atoms with Crippen molar-refractivity contribution in [3.63, 3.8) is 0 Å². The smallest absolute Gasteiger partial charge is 0.504 e. The van der Waals surface area contributed by atoms with Gasteiger partial charge in [-0.3, -0.25) is 9.59 Å². The first-order chi connectivity index (χ1) is 29.8. The fourth-order valence-corrected chi connectivity index (χ4v) is 6.20. The van der Waals surface area contributed by atoms with Gasteiger partial charge in [0.05, 0.1) is 50.8 Å². The molecule has 4 aromatic rings. The number of carbonyl (C=O) groups is 2. The quantitative estimate of drug-likeness (QED) is 0.0288. The molecule has 4 aromatic carbocycles. The average Bonchev–Trinajstić information content (AvgIpc) is 3.21. The number of aldehydes is 2. The predicted octanol–water partition coefficient (Wildman–Crippen LogP) is 8.88. The van der Waals surface area contributed by atoms with Crippen LogP contribution in [-0.2, 0) is 56.7 Å². The molecule has 0 saturated heterocycles. The Morgan fingerprint density at radius 1 is 0.485 bits per heavy atom. The summed E-state index contributed by atoms with van der Waals surface area (Å²) in [5.41, 5.74) is -16.2. The van der Waals surface area contributed by atoms with Gasteiger partial charge in [0.15, 0.2) is 35.6 Å². The van der Waals surface area contributed by atoms with E-state index in [9.17, 15) is 79.5 Å². The van der Waals surface area contributed by atoms with Gasteiger partial charge >= 0.3 is 46.9 Å². The molecule has 1 N–H and O–H groups in total. The zero-order valence-corrected chi connectivity index (χ0v) is 34.8. The summed E-state index contributed by atoms with van der Waals surface area (Å²) in [5, 5.41) is 9.75. The first kappa shape index (κ1) is 60.5. The predicted molar refractivity (Wildman–Crippen MR) is 218 cm³/mol. The van der Waals surface area contributed by atoms with Gasteiger partial charge in [0, 0.05) is 12.8 Å². The van der Waals surface area contributed by atoms with Crippen LogP contribution in [0, 0.1) is 0 Å². The Morgan fingerprint density at radius 2 is 0.864 bits per heavy atom. The van der Waals surface area contributed by atoms with Crippen LogP contribution < -0.4 is 13.7 Å². The summed E-state index contributed by atoms with van der Waals surface area (Å²) in [6.07, 6.45) is 1.86. The van der Waals surface area contributed by atoms with E-state index in [0.717, 1.165) is 17.2 Å². The maximum Gasteiger partial charge on any atom is 0.534 e. The third-order valence-electron chi connectivity index (χ3n) is 7.12. The van der Waals surface area contributed by atoms with Gasteiger partial charge < -0.3 is 28.2 Å². The van der Waals surface area contributed by atoms with Crippen molar-refractivity contribution in [2.75, 3.05) is 26.4 Å². The Balaban J connectivity index is 0.000000992. The van der Waals surface area contributed by atoms with Crippen LogP contribution in [0.1, 0.15) is 59.5 Å². The van der Waals surface area contributed by atoms with Crippen LogP contribution >= 0.6 is 0 Å². The minimum atomic E-state index is -6.85. The van der Waals surface area contributed by atoms with Gasteiger partial charge in [0.25, 0.3) is 0 Å². The molecule has 0 atom stereocenters. The van der Waals surface area contributed by atoms with Crippen LogP contribution in [0.5, 0.6) is 23.0 Å². The van der Waals surface area contributed by atoms with Crippen molar-refractivity contribution >= 4 is 42.9 Å². The number of ether oxygens (including phenoxy) is 4. The minimum absolute atomic E-state index is 0. The molecule has 15 nitrogen and oxygen atoms in total. The third-order valence-corrected chi connectivity index (χ3v) is 10.6. The van der Waals surface area contributed by atoms with Crippen LogP contribution in [-0.4, -0.2) is 85.9 Å². The first-order valence-electron chi connectivity index (χ1n) is 17.4. The lowest BCUT2D eigenvalue weighted by Crippen LogP contribution is -2.34. The van der Waals surface area contributed by atoms with E-state index in [1.807, 2.05) is 64.3 Å². The standard InChI is InChI=1S/C18H17F3O6S.C17H18O4.C2F6O5S2.2CH4/c19-18(20,21)28(23,24)27-17-15(12-22)8-4-9-16(17)26-11-5-10-25-13-14-6-2-1-3-7-14;18-12-15-8-4-9-16(17(15)19)21-11-5-10-20-13-14-6-2-1-3-7-14;3-1(4,5)14(9,10)13-15(11,12)2(6,7)8;;/h1-4,6-9,12H,5,10-11,13H2;1-4,6-9,12,19H,5,10-11,13H2;;2*1H4. The fourth-order valence-electron chi connectivity index (χ4n) is 4.15. The van der Waals surface area contributed by atoms with Crippen LogP contribution in [0.15, 0.2) is 97.1 Å². The van der Waals surface area contributed by atoms with Gasteiger partial charge in [-0.05, 0) is 35.4 Å². The summed E-state index contributed by atoms with van der Waals surface area (Å²) in [6.45, 7) is 2.28. The topological polar surface area (TPSA) is 212 Å². The summed E-state index contributed by atoms with van der Waals surface area (Å²) in [6, 6.07) is 27.9. The van der Waals surface area contributed by atoms with Crippen LogP contribution in [0.25, 0.3) is 0 Å². The van der Waals surface area contributed by atoms with Crippen molar-refractivity contribution in [1.29, 1.82) is 0 Å². The first-order valence-corrected chi connectivity index (χ1v) is 21.7. The van der Waals surface area contributed by atoms with E-state index in [-0.39, 0.29) is 50.4 Å². The number of carbonyl (C=O) groups excluding carboxylic acids is 2. The number of hydrogen-bond donors (Lipinski definition) is 1. The number of alkyl halides is 9. The number of aromatic hydroxyl groups is 1. The van der Waals surface area contributed by atoms with Gasteiger partial charge in [-0.2, -0.15) is 64.8 Å². The maximum absolute atomic E-state index is 12.6. The SMILES string of the molecule is C.C.O=Cc1cccc(OCCCOCc2ccccc2)c1O.O=Cc1cccc(OCCCOCc2ccccc2)c1OS(=O)(=O)C(F)(F)F.O=S(=O)(OS(=O)(=O)C(F)(F)F)C(F)(F)F. The lowest BCUT2D eigenvalue weighted by Gasteiger charge is -2.15. The second-order valence-corrected chi connectivity index (χ2v) is 16.8. The fraction of sp³-hybridized carbons (Fsp3) is 0.333. The summed E-state index contributed by atoms with van der Waals surface area (Å²) in [5.74, 6) is -0.888. The third kappa shape index (κ3) is 19.9. The highest BCUT2D eigenvalue weighted by molar-refractivity contribution is 8.00. The molecule has 27 heteroatoms. The van der Waals surface area contributed by atoms with E-state index >= 15 is 0 Å². The number of phenols is 1. The van der Waals surface area contributed by atoms with E-state index in [1.54, 1.807) is 12.1 Å². The van der Waals surface area contributed by atoms with Crippen molar-refractivity contribution in [2.45, 2.75) is 57.4 Å². The Hall–Kier alpha value is -5.48.